The standard InChI is InChI=1S/C21H21F2N3O2/c1-26-17-5-3-2-4-14(17)20(25-26)15-10-11-16(19(23)18(15)22)21(28)24-12-6-8-13(27)9-7-12/h2-5,10-13,27H,6-9H2,1H3,(H,24,28). The van der Waals surface area contributed by atoms with Crippen LogP contribution < -0.4 is 5.32 Å². The van der Waals surface area contributed by atoms with E-state index < -0.39 is 17.5 Å². The summed E-state index contributed by atoms with van der Waals surface area (Å²) < 4.78 is 31.2. The maximum Gasteiger partial charge on any atom is 0.254 e. The van der Waals surface area contributed by atoms with Crippen molar-refractivity contribution < 1.29 is 18.7 Å². The molecule has 1 heterocycles. The number of fused-ring (bicyclic) bond motifs is 1. The number of nitrogens with one attached hydrogen (secondary N) is 1. The first-order chi connectivity index (χ1) is 13.5. The first kappa shape index (κ1) is 18.6. The van der Waals surface area contributed by atoms with Crippen molar-refractivity contribution in [3.63, 3.8) is 0 Å². The number of para-hydroxylation sites is 1. The van der Waals surface area contributed by atoms with Gasteiger partial charge in [0.2, 0.25) is 0 Å². The average molecular weight is 385 g/mol. The van der Waals surface area contributed by atoms with Gasteiger partial charge in [0.05, 0.1) is 17.2 Å². The highest BCUT2D eigenvalue weighted by Gasteiger charge is 2.25. The molecule has 0 unspecified atom stereocenters. The fourth-order valence-corrected chi connectivity index (χ4v) is 3.80. The molecule has 0 radical (unpaired) electrons. The molecular formula is C21H21F2N3O2. The topological polar surface area (TPSA) is 67.2 Å². The lowest BCUT2D eigenvalue weighted by Crippen LogP contribution is -2.39. The Hall–Kier alpha value is -2.80. The van der Waals surface area contributed by atoms with E-state index in [4.69, 9.17) is 0 Å². The molecule has 1 amide bonds. The molecule has 0 bridgehead atoms. The quantitative estimate of drug-likeness (QED) is 0.725. The number of aliphatic hydroxyl groups excluding tert-OH is 1. The fourth-order valence-electron chi connectivity index (χ4n) is 3.80. The van der Waals surface area contributed by atoms with Crippen molar-refractivity contribution in [2.45, 2.75) is 37.8 Å². The molecule has 2 aromatic carbocycles. The van der Waals surface area contributed by atoms with Crippen LogP contribution >= 0.6 is 0 Å². The van der Waals surface area contributed by atoms with Crippen LogP contribution in [0.15, 0.2) is 36.4 Å². The molecule has 2 N–H and O–H groups in total. The van der Waals surface area contributed by atoms with E-state index >= 15 is 0 Å². The van der Waals surface area contributed by atoms with Gasteiger partial charge in [-0.05, 0) is 43.9 Å². The van der Waals surface area contributed by atoms with Crippen LogP contribution in [0.1, 0.15) is 36.0 Å². The molecule has 1 aliphatic rings. The molecule has 0 spiro atoms. The number of aryl methyl sites for hydroxylation is 1. The summed E-state index contributed by atoms with van der Waals surface area (Å²) >= 11 is 0. The minimum absolute atomic E-state index is 0.0200. The molecule has 5 nitrogen and oxygen atoms in total. The van der Waals surface area contributed by atoms with Crippen LogP contribution in [-0.2, 0) is 7.05 Å². The smallest absolute Gasteiger partial charge is 0.254 e. The Bertz CT molecular complexity index is 1040. The number of benzene rings is 2. The van der Waals surface area contributed by atoms with Crippen molar-refractivity contribution in [1.29, 1.82) is 0 Å². The van der Waals surface area contributed by atoms with Gasteiger partial charge in [-0.2, -0.15) is 5.10 Å². The first-order valence-electron chi connectivity index (χ1n) is 9.34. The third kappa shape index (κ3) is 3.26. The van der Waals surface area contributed by atoms with Gasteiger partial charge >= 0.3 is 0 Å². The molecule has 0 saturated heterocycles. The van der Waals surface area contributed by atoms with Gasteiger partial charge in [-0.25, -0.2) is 8.78 Å². The fraction of sp³-hybridized carbons (Fsp3) is 0.333. The van der Waals surface area contributed by atoms with E-state index in [-0.39, 0.29) is 23.3 Å². The summed E-state index contributed by atoms with van der Waals surface area (Å²) in [6.45, 7) is 0. The minimum Gasteiger partial charge on any atom is -0.393 e. The zero-order valence-corrected chi connectivity index (χ0v) is 15.5. The first-order valence-corrected chi connectivity index (χ1v) is 9.34. The van der Waals surface area contributed by atoms with Crippen LogP contribution in [0.3, 0.4) is 0 Å². The Morgan fingerprint density at radius 1 is 1.11 bits per heavy atom. The van der Waals surface area contributed by atoms with Crippen molar-refractivity contribution in [2.24, 2.45) is 7.05 Å². The molecule has 4 rings (SSSR count). The predicted molar refractivity (Wildman–Crippen MR) is 102 cm³/mol. The van der Waals surface area contributed by atoms with Crippen LogP contribution in [0.2, 0.25) is 0 Å². The van der Waals surface area contributed by atoms with E-state index in [0.717, 1.165) is 5.52 Å². The van der Waals surface area contributed by atoms with Gasteiger partial charge < -0.3 is 10.4 Å². The summed E-state index contributed by atoms with van der Waals surface area (Å²) in [5, 5.41) is 17.3. The molecule has 1 aliphatic carbocycles. The lowest BCUT2D eigenvalue weighted by Gasteiger charge is -2.26. The highest BCUT2D eigenvalue weighted by Crippen LogP contribution is 2.31. The summed E-state index contributed by atoms with van der Waals surface area (Å²) in [5.41, 5.74) is 0.834. The molecule has 146 valence electrons. The number of hydrogen-bond acceptors (Lipinski definition) is 3. The van der Waals surface area contributed by atoms with Crippen LogP contribution in [-0.4, -0.2) is 32.9 Å². The number of aliphatic hydroxyl groups is 1. The Morgan fingerprint density at radius 2 is 1.82 bits per heavy atom. The second-order valence-electron chi connectivity index (χ2n) is 7.26. The van der Waals surface area contributed by atoms with E-state index in [0.29, 0.717) is 36.8 Å². The third-order valence-corrected chi connectivity index (χ3v) is 5.37. The van der Waals surface area contributed by atoms with Gasteiger partial charge in [0.1, 0.15) is 5.69 Å². The van der Waals surface area contributed by atoms with E-state index in [2.05, 4.69) is 10.4 Å². The Labute approximate surface area is 161 Å². The van der Waals surface area contributed by atoms with Crippen LogP contribution in [0, 0.1) is 11.6 Å². The highest BCUT2D eigenvalue weighted by molar-refractivity contribution is 5.97. The summed E-state index contributed by atoms with van der Waals surface area (Å²) in [5.74, 6) is -2.91. The number of halogens is 2. The van der Waals surface area contributed by atoms with Gasteiger partial charge in [0.25, 0.3) is 5.91 Å². The zero-order chi connectivity index (χ0) is 19.8. The average Bonchev–Trinajstić information content (AvgIpc) is 3.02. The number of nitrogens with zero attached hydrogens (tertiary/aromatic N) is 2. The van der Waals surface area contributed by atoms with Gasteiger partial charge in [-0.3, -0.25) is 9.48 Å². The number of carbonyl (C=O) groups excluding carboxylic acids is 1. The Kier molecular flexibility index (Phi) is 4.85. The van der Waals surface area contributed by atoms with E-state index in [1.54, 1.807) is 17.8 Å². The van der Waals surface area contributed by atoms with Crippen molar-refractivity contribution >= 4 is 16.8 Å². The van der Waals surface area contributed by atoms with Gasteiger partial charge in [0, 0.05) is 24.0 Å². The molecular weight excluding hydrogens is 364 g/mol. The third-order valence-electron chi connectivity index (χ3n) is 5.37. The van der Waals surface area contributed by atoms with Crippen LogP contribution in [0.4, 0.5) is 8.78 Å². The van der Waals surface area contributed by atoms with E-state index in [1.165, 1.54) is 12.1 Å². The van der Waals surface area contributed by atoms with E-state index in [9.17, 15) is 18.7 Å². The predicted octanol–water partition coefficient (Wildman–Crippen LogP) is 3.55. The summed E-state index contributed by atoms with van der Waals surface area (Å²) in [4.78, 5) is 12.4. The number of carbonyl (C=O) groups is 1. The van der Waals surface area contributed by atoms with E-state index in [1.807, 2.05) is 18.2 Å². The Balaban J connectivity index is 1.64. The molecule has 1 aromatic heterocycles. The molecule has 1 saturated carbocycles. The number of amides is 1. The lowest BCUT2D eigenvalue weighted by molar-refractivity contribution is 0.0863. The maximum atomic E-state index is 14.8. The van der Waals surface area contributed by atoms with Crippen molar-refractivity contribution in [1.82, 2.24) is 15.1 Å². The van der Waals surface area contributed by atoms with Gasteiger partial charge in [0.15, 0.2) is 11.6 Å². The highest BCUT2D eigenvalue weighted by atomic mass is 19.2. The molecule has 3 aromatic rings. The molecule has 7 heteroatoms. The summed E-state index contributed by atoms with van der Waals surface area (Å²) in [6.07, 6.45) is 2.07. The van der Waals surface area contributed by atoms with Crippen molar-refractivity contribution in [3.8, 4) is 11.3 Å². The summed E-state index contributed by atoms with van der Waals surface area (Å²) in [7, 11) is 1.74. The molecule has 0 atom stereocenters. The van der Waals surface area contributed by atoms with Crippen LogP contribution in [0.5, 0.6) is 0 Å². The second kappa shape index (κ2) is 7.31. The second-order valence-corrected chi connectivity index (χ2v) is 7.26. The number of hydrogen-bond donors (Lipinski definition) is 2. The monoisotopic (exact) mass is 385 g/mol. The number of aromatic nitrogens is 2. The molecule has 28 heavy (non-hydrogen) atoms. The normalized spacial score (nSPS) is 19.7. The maximum absolute atomic E-state index is 14.8. The van der Waals surface area contributed by atoms with Crippen molar-refractivity contribution in [2.75, 3.05) is 0 Å². The molecule has 0 aliphatic heterocycles. The van der Waals surface area contributed by atoms with Gasteiger partial charge in [-0.1, -0.05) is 18.2 Å². The minimum atomic E-state index is -1.18. The van der Waals surface area contributed by atoms with Crippen molar-refractivity contribution in [3.05, 3.63) is 53.6 Å². The lowest BCUT2D eigenvalue weighted by atomic mass is 9.93. The SMILES string of the molecule is Cn1nc(-c2ccc(C(=O)NC3CCC(O)CC3)c(F)c2F)c2ccccc21. The Morgan fingerprint density at radius 3 is 2.57 bits per heavy atom. The number of rotatable bonds is 3. The summed E-state index contributed by atoms with van der Waals surface area (Å²) in [6, 6.07) is 9.86. The van der Waals surface area contributed by atoms with Gasteiger partial charge in [-0.15, -0.1) is 0 Å². The molecule has 1 fully saturated rings. The van der Waals surface area contributed by atoms with Crippen LogP contribution in [0.25, 0.3) is 22.2 Å². The zero-order valence-electron chi connectivity index (χ0n) is 15.5. The largest absolute Gasteiger partial charge is 0.393 e.